The maximum absolute atomic E-state index is 12.4. The van der Waals surface area contributed by atoms with Crippen molar-refractivity contribution in [1.82, 2.24) is 15.5 Å². The van der Waals surface area contributed by atoms with Crippen LogP contribution >= 0.6 is 0 Å². The number of urea groups is 1. The number of carbonyl (C=O) groups excluding carboxylic acids is 2. The van der Waals surface area contributed by atoms with Crippen LogP contribution in [0.15, 0.2) is 0 Å². The third-order valence-corrected chi connectivity index (χ3v) is 4.85. The highest BCUT2D eigenvalue weighted by molar-refractivity contribution is 5.81. The van der Waals surface area contributed by atoms with Gasteiger partial charge in [0, 0.05) is 32.3 Å². The van der Waals surface area contributed by atoms with Gasteiger partial charge in [0.1, 0.15) is 0 Å². The molecule has 0 bridgehead atoms. The lowest BCUT2D eigenvalue weighted by molar-refractivity contribution is -0.126. The van der Waals surface area contributed by atoms with Gasteiger partial charge in [-0.2, -0.15) is 0 Å². The predicted molar refractivity (Wildman–Crippen MR) is 89.2 cm³/mol. The van der Waals surface area contributed by atoms with Crippen molar-refractivity contribution in [2.24, 2.45) is 5.92 Å². The molecule has 2 aliphatic heterocycles. The maximum Gasteiger partial charge on any atom is 0.317 e. The summed E-state index contributed by atoms with van der Waals surface area (Å²) in [5, 5.41) is 5.95. The number of rotatable bonds is 6. The van der Waals surface area contributed by atoms with E-state index >= 15 is 0 Å². The minimum absolute atomic E-state index is 0.0703. The largest absolute Gasteiger partial charge is 0.376 e. The number of piperidine rings is 1. The molecule has 2 aliphatic rings. The Bertz CT molecular complexity index is 397. The Labute approximate surface area is 139 Å². The molecule has 6 heteroatoms. The first-order chi connectivity index (χ1) is 11.1. The molecular weight excluding hydrogens is 294 g/mol. The van der Waals surface area contributed by atoms with Crippen LogP contribution in [0, 0.1) is 5.92 Å². The van der Waals surface area contributed by atoms with Crippen LogP contribution in [0.1, 0.15) is 52.4 Å². The minimum Gasteiger partial charge on any atom is -0.376 e. The average Bonchev–Trinajstić information content (AvgIpc) is 3.06. The van der Waals surface area contributed by atoms with Crippen molar-refractivity contribution in [1.29, 1.82) is 0 Å². The van der Waals surface area contributed by atoms with Crippen molar-refractivity contribution < 1.29 is 14.3 Å². The molecule has 0 aliphatic carbocycles. The van der Waals surface area contributed by atoms with Gasteiger partial charge in [-0.3, -0.25) is 4.79 Å². The van der Waals surface area contributed by atoms with E-state index in [0.717, 1.165) is 51.7 Å². The Morgan fingerprint density at radius 3 is 2.74 bits per heavy atom. The molecule has 132 valence electrons. The second kappa shape index (κ2) is 9.11. The SMILES string of the molecule is CCCCNC(=O)[C@@H]1CC[C@@H](C)N(C(=O)NC[C@@H]2CCCO2)C1. The molecule has 2 N–H and O–H groups in total. The molecule has 3 amide bonds. The number of nitrogens with one attached hydrogen (secondary N) is 2. The van der Waals surface area contributed by atoms with Gasteiger partial charge >= 0.3 is 6.03 Å². The van der Waals surface area contributed by atoms with Crippen LogP contribution in [0.25, 0.3) is 0 Å². The molecule has 0 radical (unpaired) electrons. The van der Waals surface area contributed by atoms with E-state index in [2.05, 4.69) is 24.5 Å². The number of ether oxygens (including phenoxy) is 1. The lowest BCUT2D eigenvalue weighted by atomic mass is 9.93. The summed E-state index contributed by atoms with van der Waals surface area (Å²) in [5.74, 6) is -0.00110. The topological polar surface area (TPSA) is 70.7 Å². The third-order valence-electron chi connectivity index (χ3n) is 4.85. The molecule has 2 rings (SSSR count). The molecule has 0 aromatic carbocycles. The lowest BCUT2D eigenvalue weighted by Gasteiger charge is -2.37. The molecule has 2 fully saturated rings. The van der Waals surface area contributed by atoms with Crippen molar-refractivity contribution >= 4 is 11.9 Å². The second-order valence-corrected chi connectivity index (χ2v) is 6.74. The van der Waals surface area contributed by atoms with E-state index in [-0.39, 0.29) is 30.0 Å². The normalized spacial score (nSPS) is 27.7. The fourth-order valence-electron chi connectivity index (χ4n) is 3.24. The van der Waals surface area contributed by atoms with E-state index in [4.69, 9.17) is 4.74 Å². The molecule has 0 unspecified atom stereocenters. The highest BCUT2D eigenvalue weighted by Crippen LogP contribution is 2.22. The van der Waals surface area contributed by atoms with Crippen LogP contribution < -0.4 is 10.6 Å². The van der Waals surface area contributed by atoms with E-state index in [1.165, 1.54) is 0 Å². The fraction of sp³-hybridized carbons (Fsp3) is 0.882. The summed E-state index contributed by atoms with van der Waals surface area (Å²) < 4.78 is 5.53. The summed E-state index contributed by atoms with van der Waals surface area (Å²) in [5.41, 5.74) is 0. The van der Waals surface area contributed by atoms with Crippen LogP contribution in [0.3, 0.4) is 0 Å². The zero-order chi connectivity index (χ0) is 16.7. The van der Waals surface area contributed by atoms with Crippen molar-refractivity contribution in [2.45, 2.75) is 64.5 Å². The van der Waals surface area contributed by atoms with E-state index in [0.29, 0.717) is 13.1 Å². The number of carbonyl (C=O) groups is 2. The predicted octanol–water partition coefficient (Wildman–Crippen LogP) is 1.89. The standard InChI is InChI=1S/C17H31N3O3/c1-3-4-9-18-16(21)14-8-7-13(2)20(12-14)17(22)19-11-15-6-5-10-23-15/h13-15H,3-12H2,1-2H3,(H,18,21)(H,19,22)/t13-,14-,15+/m1/s1. The van der Waals surface area contributed by atoms with Gasteiger partial charge in [0.05, 0.1) is 12.0 Å². The summed E-state index contributed by atoms with van der Waals surface area (Å²) >= 11 is 0. The third kappa shape index (κ3) is 5.37. The summed E-state index contributed by atoms with van der Waals surface area (Å²) in [4.78, 5) is 26.5. The first-order valence-electron chi connectivity index (χ1n) is 9.05. The highest BCUT2D eigenvalue weighted by Gasteiger charge is 2.32. The molecule has 0 aromatic heterocycles. The van der Waals surface area contributed by atoms with Crippen LogP contribution in [0.4, 0.5) is 4.79 Å². The molecule has 2 saturated heterocycles. The molecule has 3 atom stereocenters. The van der Waals surface area contributed by atoms with Crippen molar-refractivity contribution in [2.75, 3.05) is 26.2 Å². The Balaban J connectivity index is 1.79. The van der Waals surface area contributed by atoms with Gasteiger partial charge in [-0.1, -0.05) is 13.3 Å². The quantitative estimate of drug-likeness (QED) is 0.733. The average molecular weight is 325 g/mol. The number of likely N-dealkylation sites (tertiary alicyclic amines) is 1. The van der Waals surface area contributed by atoms with Crippen LogP contribution in [0.2, 0.25) is 0 Å². The number of hydrogen-bond donors (Lipinski definition) is 2. The van der Waals surface area contributed by atoms with Gasteiger partial charge in [0.2, 0.25) is 5.91 Å². The van der Waals surface area contributed by atoms with E-state index in [9.17, 15) is 9.59 Å². The van der Waals surface area contributed by atoms with Gasteiger partial charge in [-0.15, -0.1) is 0 Å². The summed E-state index contributed by atoms with van der Waals surface area (Å²) in [6.45, 7) is 6.75. The van der Waals surface area contributed by atoms with E-state index in [1.54, 1.807) is 0 Å². The Hall–Kier alpha value is -1.30. The Kier molecular flexibility index (Phi) is 7.15. The van der Waals surface area contributed by atoms with Crippen molar-refractivity contribution in [3.8, 4) is 0 Å². The second-order valence-electron chi connectivity index (χ2n) is 6.74. The molecular formula is C17H31N3O3. The molecule has 0 saturated carbocycles. The Morgan fingerprint density at radius 1 is 1.22 bits per heavy atom. The zero-order valence-corrected chi connectivity index (χ0v) is 14.5. The number of unbranched alkanes of at least 4 members (excludes halogenated alkanes) is 1. The molecule has 2 heterocycles. The van der Waals surface area contributed by atoms with E-state index < -0.39 is 0 Å². The highest BCUT2D eigenvalue weighted by atomic mass is 16.5. The first-order valence-corrected chi connectivity index (χ1v) is 9.05. The number of hydrogen-bond acceptors (Lipinski definition) is 3. The van der Waals surface area contributed by atoms with E-state index in [1.807, 2.05) is 4.90 Å². The van der Waals surface area contributed by atoms with Crippen molar-refractivity contribution in [3.63, 3.8) is 0 Å². The monoisotopic (exact) mass is 325 g/mol. The molecule has 23 heavy (non-hydrogen) atoms. The van der Waals surface area contributed by atoms with Gasteiger partial charge in [-0.25, -0.2) is 4.79 Å². The van der Waals surface area contributed by atoms with Gasteiger partial charge in [0.15, 0.2) is 0 Å². The number of amides is 3. The smallest absolute Gasteiger partial charge is 0.317 e. The summed E-state index contributed by atoms with van der Waals surface area (Å²) in [6, 6.07) is 0.109. The van der Waals surface area contributed by atoms with Gasteiger partial charge < -0.3 is 20.3 Å². The zero-order valence-electron chi connectivity index (χ0n) is 14.5. The number of nitrogens with zero attached hydrogens (tertiary/aromatic N) is 1. The first kappa shape index (κ1) is 18.0. The minimum atomic E-state index is -0.0865. The summed E-state index contributed by atoms with van der Waals surface area (Å²) in [6.07, 6.45) is 6.03. The molecule has 6 nitrogen and oxygen atoms in total. The lowest BCUT2D eigenvalue weighted by Crippen LogP contribution is -2.53. The van der Waals surface area contributed by atoms with Crippen molar-refractivity contribution in [3.05, 3.63) is 0 Å². The molecule has 0 spiro atoms. The summed E-state index contributed by atoms with van der Waals surface area (Å²) in [7, 11) is 0. The van der Waals surface area contributed by atoms with Crippen LogP contribution in [-0.2, 0) is 9.53 Å². The van der Waals surface area contributed by atoms with Gasteiger partial charge in [0.25, 0.3) is 0 Å². The Morgan fingerprint density at radius 2 is 2.04 bits per heavy atom. The van der Waals surface area contributed by atoms with Crippen LogP contribution in [-0.4, -0.2) is 55.2 Å². The fourth-order valence-corrected chi connectivity index (χ4v) is 3.24. The van der Waals surface area contributed by atoms with Crippen LogP contribution in [0.5, 0.6) is 0 Å². The maximum atomic E-state index is 12.4. The molecule has 0 aromatic rings. The van der Waals surface area contributed by atoms with Gasteiger partial charge in [-0.05, 0) is 39.0 Å².